The summed E-state index contributed by atoms with van der Waals surface area (Å²) >= 11 is 3.39. The van der Waals surface area contributed by atoms with Gasteiger partial charge in [0.2, 0.25) is 0 Å². The van der Waals surface area contributed by atoms with E-state index in [0.717, 1.165) is 34.4 Å². The smallest absolute Gasteiger partial charge is 0.128 e. The number of benzene rings is 1. The molecule has 100 valence electrons. The van der Waals surface area contributed by atoms with E-state index in [-0.39, 0.29) is 5.82 Å². The third-order valence-electron chi connectivity index (χ3n) is 2.97. The SMILES string of the molecule is Cc1cc(CCNc2ncc(Br)cc2C)ccc1F. The minimum absolute atomic E-state index is 0.151. The van der Waals surface area contributed by atoms with Crippen LogP contribution in [0.2, 0.25) is 0 Å². The fourth-order valence-electron chi connectivity index (χ4n) is 1.91. The van der Waals surface area contributed by atoms with E-state index in [0.29, 0.717) is 5.56 Å². The Balaban J connectivity index is 1.94. The molecule has 1 aromatic heterocycles. The van der Waals surface area contributed by atoms with Crippen LogP contribution in [0.3, 0.4) is 0 Å². The normalized spacial score (nSPS) is 10.5. The lowest BCUT2D eigenvalue weighted by atomic mass is 10.1. The Morgan fingerprint density at radius 2 is 2.00 bits per heavy atom. The number of aryl methyl sites for hydroxylation is 2. The van der Waals surface area contributed by atoms with Gasteiger partial charge in [-0.05, 0) is 65.0 Å². The van der Waals surface area contributed by atoms with E-state index >= 15 is 0 Å². The van der Waals surface area contributed by atoms with Crippen LogP contribution >= 0.6 is 15.9 Å². The van der Waals surface area contributed by atoms with Gasteiger partial charge in [0.1, 0.15) is 11.6 Å². The molecule has 1 aromatic carbocycles. The molecule has 0 atom stereocenters. The van der Waals surface area contributed by atoms with Gasteiger partial charge >= 0.3 is 0 Å². The van der Waals surface area contributed by atoms with Crippen molar-refractivity contribution < 1.29 is 4.39 Å². The molecule has 0 radical (unpaired) electrons. The molecule has 0 bridgehead atoms. The first kappa shape index (κ1) is 14.0. The average Bonchev–Trinajstić information content (AvgIpc) is 2.36. The van der Waals surface area contributed by atoms with Crippen molar-refractivity contribution in [3.05, 3.63) is 57.4 Å². The summed E-state index contributed by atoms with van der Waals surface area (Å²) in [4.78, 5) is 4.32. The highest BCUT2D eigenvalue weighted by Gasteiger charge is 2.02. The summed E-state index contributed by atoms with van der Waals surface area (Å²) in [7, 11) is 0. The van der Waals surface area contributed by atoms with Crippen molar-refractivity contribution in [3.8, 4) is 0 Å². The van der Waals surface area contributed by atoms with Crippen LogP contribution < -0.4 is 5.32 Å². The molecule has 4 heteroatoms. The number of hydrogen-bond donors (Lipinski definition) is 1. The lowest BCUT2D eigenvalue weighted by Crippen LogP contribution is -2.07. The van der Waals surface area contributed by atoms with Gasteiger partial charge in [0, 0.05) is 17.2 Å². The predicted octanol–water partition coefficient (Wildman–Crippen LogP) is 4.25. The highest BCUT2D eigenvalue weighted by molar-refractivity contribution is 9.10. The van der Waals surface area contributed by atoms with Crippen molar-refractivity contribution in [3.63, 3.8) is 0 Å². The zero-order chi connectivity index (χ0) is 13.8. The van der Waals surface area contributed by atoms with Crippen molar-refractivity contribution in [1.82, 2.24) is 4.98 Å². The molecule has 1 heterocycles. The van der Waals surface area contributed by atoms with E-state index in [4.69, 9.17) is 0 Å². The highest BCUT2D eigenvalue weighted by Crippen LogP contribution is 2.17. The Morgan fingerprint density at radius 3 is 2.68 bits per heavy atom. The van der Waals surface area contributed by atoms with Crippen LogP contribution in [-0.2, 0) is 6.42 Å². The Kier molecular flexibility index (Phi) is 4.53. The van der Waals surface area contributed by atoms with Gasteiger partial charge < -0.3 is 5.32 Å². The maximum atomic E-state index is 13.1. The summed E-state index contributed by atoms with van der Waals surface area (Å²) in [5.41, 5.74) is 2.92. The van der Waals surface area contributed by atoms with Crippen molar-refractivity contribution in [1.29, 1.82) is 0 Å². The average molecular weight is 323 g/mol. The number of rotatable bonds is 4. The van der Waals surface area contributed by atoms with Gasteiger partial charge in [0.15, 0.2) is 0 Å². The second-order valence-electron chi connectivity index (χ2n) is 4.58. The number of anilines is 1. The van der Waals surface area contributed by atoms with Crippen molar-refractivity contribution in [2.24, 2.45) is 0 Å². The van der Waals surface area contributed by atoms with Crippen molar-refractivity contribution in [2.45, 2.75) is 20.3 Å². The molecular formula is C15H16BrFN2. The Labute approximate surface area is 121 Å². The van der Waals surface area contributed by atoms with Gasteiger partial charge in [-0.3, -0.25) is 0 Å². The maximum Gasteiger partial charge on any atom is 0.128 e. The van der Waals surface area contributed by atoms with Crippen LogP contribution in [0, 0.1) is 19.7 Å². The van der Waals surface area contributed by atoms with E-state index in [1.807, 2.05) is 25.1 Å². The van der Waals surface area contributed by atoms with Crippen LogP contribution in [0.15, 0.2) is 34.9 Å². The molecule has 0 amide bonds. The Morgan fingerprint density at radius 1 is 1.21 bits per heavy atom. The van der Waals surface area contributed by atoms with E-state index in [1.165, 1.54) is 6.07 Å². The first-order chi connectivity index (χ1) is 9.06. The summed E-state index contributed by atoms with van der Waals surface area (Å²) in [5, 5.41) is 3.30. The van der Waals surface area contributed by atoms with Gasteiger partial charge in [-0.25, -0.2) is 9.37 Å². The van der Waals surface area contributed by atoms with Gasteiger partial charge in [-0.1, -0.05) is 12.1 Å². The maximum absolute atomic E-state index is 13.1. The molecule has 0 saturated heterocycles. The summed E-state index contributed by atoms with van der Waals surface area (Å²) in [6.45, 7) is 4.58. The number of hydrogen-bond acceptors (Lipinski definition) is 2. The molecule has 19 heavy (non-hydrogen) atoms. The van der Waals surface area contributed by atoms with Gasteiger partial charge in [0.05, 0.1) is 0 Å². The van der Waals surface area contributed by atoms with E-state index in [1.54, 1.807) is 13.1 Å². The zero-order valence-electron chi connectivity index (χ0n) is 11.0. The molecule has 0 aliphatic carbocycles. The van der Waals surface area contributed by atoms with E-state index in [9.17, 15) is 4.39 Å². The van der Waals surface area contributed by atoms with Crippen LogP contribution in [0.1, 0.15) is 16.7 Å². The van der Waals surface area contributed by atoms with E-state index in [2.05, 4.69) is 26.2 Å². The Bertz CT molecular complexity index is 584. The predicted molar refractivity (Wildman–Crippen MR) is 80.0 cm³/mol. The second kappa shape index (κ2) is 6.15. The molecule has 0 spiro atoms. The quantitative estimate of drug-likeness (QED) is 0.910. The number of halogens is 2. The Hall–Kier alpha value is -1.42. The van der Waals surface area contributed by atoms with Crippen molar-refractivity contribution in [2.75, 3.05) is 11.9 Å². The summed E-state index contributed by atoms with van der Waals surface area (Å²) < 4.78 is 14.1. The second-order valence-corrected chi connectivity index (χ2v) is 5.50. The van der Waals surface area contributed by atoms with Crippen molar-refractivity contribution >= 4 is 21.7 Å². The van der Waals surface area contributed by atoms with E-state index < -0.39 is 0 Å². The standard InChI is InChI=1S/C15H16BrFN2/c1-10-7-12(3-4-14(10)17)5-6-18-15-11(2)8-13(16)9-19-15/h3-4,7-9H,5-6H2,1-2H3,(H,18,19). The highest BCUT2D eigenvalue weighted by atomic mass is 79.9. The number of nitrogens with one attached hydrogen (secondary N) is 1. The van der Waals surface area contributed by atoms with Crippen LogP contribution in [0.4, 0.5) is 10.2 Å². The third kappa shape index (κ3) is 3.77. The zero-order valence-corrected chi connectivity index (χ0v) is 12.6. The summed E-state index contributed by atoms with van der Waals surface area (Å²) in [6, 6.07) is 7.26. The lowest BCUT2D eigenvalue weighted by Gasteiger charge is -2.09. The fourth-order valence-corrected chi connectivity index (χ4v) is 2.36. The molecule has 0 aliphatic rings. The topological polar surface area (TPSA) is 24.9 Å². The minimum Gasteiger partial charge on any atom is -0.370 e. The molecule has 0 saturated carbocycles. The number of pyridine rings is 1. The first-order valence-corrected chi connectivity index (χ1v) is 6.96. The molecule has 1 N–H and O–H groups in total. The molecule has 2 nitrogen and oxygen atoms in total. The molecular weight excluding hydrogens is 307 g/mol. The largest absolute Gasteiger partial charge is 0.370 e. The first-order valence-electron chi connectivity index (χ1n) is 6.17. The molecule has 2 aromatic rings. The van der Waals surface area contributed by atoms with Crippen LogP contribution in [0.25, 0.3) is 0 Å². The molecule has 2 rings (SSSR count). The fraction of sp³-hybridized carbons (Fsp3) is 0.267. The summed E-state index contributed by atoms with van der Waals surface area (Å²) in [6.07, 6.45) is 2.62. The van der Waals surface area contributed by atoms with Crippen LogP contribution in [-0.4, -0.2) is 11.5 Å². The van der Waals surface area contributed by atoms with Gasteiger partial charge in [0.25, 0.3) is 0 Å². The molecule has 0 unspecified atom stereocenters. The lowest BCUT2D eigenvalue weighted by molar-refractivity contribution is 0.617. The van der Waals surface area contributed by atoms with Gasteiger partial charge in [-0.2, -0.15) is 0 Å². The molecule has 0 fully saturated rings. The van der Waals surface area contributed by atoms with Crippen LogP contribution in [0.5, 0.6) is 0 Å². The minimum atomic E-state index is -0.151. The number of aromatic nitrogens is 1. The number of nitrogens with zero attached hydrogens (tertiary/aromatic N) is 1. The monoisotopic (exact) mass is 322 g/mol. The third-order valence-corrected chi connectivity index (χ3v) is 3.41. The summed E-state index contributed by atoms with van der Waals surface area (Å²) in [5.74, 6) is 0.740. The van der Waals surface area contributed by atoms with Gasteiger partial charge in [-0.15, -0.1) is 0 Å². The molecule has 0 aliphatic heterocycles.